The molecular formula is C18H34N2. The highest BCUT2D eigenvalue weighted by atomic mass is 15.3. The number of hydrogen-bond acceptors (Lipinski definition) is 2. The van der Waals surface area contributed by atoms with Crippen molar-refractivity contribution in [3.05, 3.63) is 0 Å². The molecule has 1 N–H and O–H groups in total. The third-order valence-corrected chi connectivity index (χ3v) is 6.50. The highest BCUT2D eigenvalue weighted by Gasteiger charge is 2.51. The topological polar surface area (TPSA) is 15.3 Å². The van der Waals surface area contributed by atoms with Gasteiger partial charge in [0, 0.05) is 30.7 Å². The van der Waals surface area contributed by atoms with Gasteiger partial charge in [-0.2, -0.15) is 0 Å². The third kappa shape index (κ3) is 2.78. The van der Waals surface area contributed by atoms with E-state index in [-0.39, 0.29) is 0 Å². The molecule has 116 valence electrons. The fourth-order valence-electron chi connectivity index (χ4n) is 4.56. The third-order valence-electron chi connectivity index (χ3n) is 6.50. The molecule has 1 saturated heterocycles. The van der Waals surface area contributed by atoms with Crippen LogP contribution in [-0.2, 0) is 0 Å². The Balaban J connectivity index is 1.75. The van der Waals surface area contributed by atoms with Crippen LogP contribution >= 0.6 is 0 Å². The van der Waals surface area contributed by atoms with E-state index in [9.17, 15) is 0 Å². The number of rotatable bonds is 4. The average molecular weight is 278 g/mol. The molecule has 3 fully saturated rings. The van der Waals surface area contributed by atoms with Gasteiger partial charge < -0.3 is 5.32 Å². The minimum absolute atomic E-state index is 0.399. The van der Waals surface area contributed by atoms with E-state index in [1.54, 1.807) is 0 Å². The largest absolute Gasteiger partial charge is 0.308 e. The van der Waals surface area contributed by atoms with E-state index < -0.39 is 0 Å². The molecule has 2 unspecified atom stereocenters. The van der Waals surface area contributed by atoms with Crippen molar-refractivity contribution in [1.82, 2.24) is 10.2 Å². The van der Waals surface area contributed by atoms with E-state index in [1.165, 1.54) is 71.0 Å². The van der Waals surface area contributed by atoms with Gasteiger partial charge in [0.25, 0.3) is 0 Å². The first-order valence-corrected chi connectivity index (χ1v) is 9.08. The van der Waals surface area contributed by atoms with Crippen LogP contribution in [-0.4, -0.2) is 35.6 Å². The van der Waals surface area contributed by atoms with Crippen LogP contribution in [0.4, 0.5) is 0 Å². The van der Waals surface area contributed by atoms with Crippen molar-refractivity contribution >= 4 is 0 Å². The van der Waals surface area contributed by atoms with Crippen molar-refractivity contribution in [1.29, 1.82) is 0 Å². The van der Waals surface area contributed by atoms with E-state index >= 15 is 0 Å². The second-order valence-corrected chi connectivity index (χ2v) is 8.22. The van der Waals surface area contributed by atoms with Gasteiger partial charge in [0.15, 0.2) is 0 Å². The molecule has 1 aliphatic heterocycles. The molecule has 2 heteroatoms. The Hall–Kier alpha value is -0.0800. The predicted molar refractivity (Wildman–Crippen MR) is 86.0 cm³/mol. The molecular weight excluding hydrogens is 244 g/mol. The Morgan fingerprint density at radius 1 is 1.20 bits per heavy atom. The summed E-state index contributed by atoms with van der Waals surface area (Å²) >= 11 is 0. The molecule has 0 aromatic rings. The molecule has 0 amide bonds. The van der Waals surface area contributed by atoms with Crippen molar-refractivity contribution in [2.45, 2.75) is 83.2 Å². The highest BCUT2D eigenvalue weighted by molar-refractivity contribution is 5.09. The van der Waals surface area contributed by atoms with Crippen LogP contribution in [0.1, 0.15) is 72.1 Å². The van der Waals surface area contributed by atoms with Gasteiger partial charge >= 0.3 is 0 Å². The zero-order valence-corrected chi connectivity index (χ0v) is 13.9. The Morgan fingerprint density at radius 2 is 1.90 bits per heavy atom. The fraction of sp³-hybridized carbons (Fsp3) is 1.00. The zero-order chi connectivity index (χ0) is 14.2. The molecule has 0 radical (unpaired) electrons. The quantitative estimate of drug-likeness (QED) is 0.841. The first-order valence-electron chi connectivity index (χ1n) is 9.08. The number of nitrogens with zero attached hydrogens (tertiary/aromatic N) is 1. The van der Waals surface area contributed by atoms with Crippen molar-refractivity contribution in [2.75, 3.05) is 19.6 Å². The summed E-state index contributed by atoms with van der Waals surface area (Å²) in [6, 6.07) is 0. The second kappa shape index (κ2) is 5.61. The molecule has 1 heterocycles. The lowest BCUT2D eigenvalue weighted by atomic mass is 9.75. The van der Waals surface area contributed by atoms with Crippen molar-refractivity contribution in [2.24, 2.45) is 11.8 Å². The van der Waals surface area contributed by atoms with E-state index in [2.05, 4.69) is 31.0 Å². The van der Waals surface area contributed by atoms with Gasteiger partial charge in [-0.1, -0.05) is 39.5 Å². The lowest BCUT2D eigenvalue weighted by Crippen LogP contribution is -2.70. The lowest BCUT2D eigenvalue weighted by Gasteiger charge is -2.56. The normalized spacial score (nSPS) is 36.1. The summed E-state index contributed by atoms with van der Waals surface area (Å²) in [4.78, 5) is 2.93. The summed E-state index contributed by atoms with van der Waals surface area (Å²) < 4.78 is 0. The molecule has 1 spiro atoms. The Morgan fingerprint density at radius 3 is 2.50 bits per heavy atom. The number of nitrogens with one attached hydrogen (secondary N) is 1. The van der Waals surface area contributed by atoms with Crippen LogP contribution in [0.25, 0.3) is 0 Å². The first-order chi connectivity index (χ1) is 9.58. The maximum atomic E-state index is 4.00. The van der Waals surface area contributed by atoms with Gasteiger partial charge in [0.2, 0.25) is 0 Å². The highest BCUT2D eigenvalue weighted by Crippen LogP contribution is 2.45. The van der Waals surface area contributed by atoms with E-state index in [4.69, 9.17) is 0 Å². The van der Waals surface area contributed by atoms with Gasteiger partial charge in [-0.05, 0) is 44.4 Å². The standard InChI is InChI=1S/C18H34N2/c1-4-15(2)12-20-14-17(3,16-8-9-16)19-13-18(20)10-6-5-7-11-18/h15-16,19H,4-14H2,1-3H3. The van der Waals surface area contributed by atoms with Crippen LogP contribution in [0, 0.1) is 11.8 Å². The minimum Gasteiger partial charge on any atom is -0.308 e. The minimum atomic E-state index is 0.399. The summed E-state index contributed by atoms with van der Waals surface area (Å²) in [5, 5.41) is 4.00. The van der Waals surface area contributed by atoms with Crippen molar-refractivity contribution in [3.63, 3.8) is 0 Å². The SMILES string of the molecule is CCC(C)CN1CC(C)(C2CC2)NCC12CCCCC2. The summed E-state index contributed by atoms with van der Waals surface area (Å²) in [6.07, 6.45) is 11.4. The molecule has 0 bridgehead atoms. The van der Waals surface area contributed by atoms with Crippen molar-refractivity contribution in [3.8, 4) is 0 Å². The Kier molecular flexibility index (Phi) is 4.16. The lowest BCUT2D eigenvalue weighted by molar-refractivity contribution is -0.0287. The van der Waals surface area contributed by atoms with Crippen LogP contribution in [0.5, 0.6) is 0 Å². The molecule has 2 nitrogen and oxygen atoms in total. The van der Waals surface area contributed by atoms with Gasteiger partial charge in [-0.25, -0.2) is 0 Å². The molecule has 0 aromatic carbocycles. The maximum Gasteiger partial charge on any atom is 0.0335 e. The molecule has 3 aliphatic rings. The van der Waals surface area contributed by atoms with Gasteiger partial charge in [0.1, 0.15) is 0 Å². The molecule has 0 aromatic heterocycles. The summed E-state index contributed by atoms with van der Waals surface area (Å²) in [5.74, 6) is 1.79. The summed E-state index contributed by atoms with van der Waals surface area (Å²) in [7, 11) is 0. The number of piperazine rings is 1. The summed E-state index contributed by atoms with van der Waals surface area (Å²) in [5.41, 5.74) is 0.895. The fourth-order valence-corrected chi connectivity index (χ4v) is 4.56. The molecule has 3 rings (SSSR count). The van der Waals surface area contributed by atoms with Gasteiger partial charge in [-0.15, -0.1) is 0 Å². The van der Waals surface area contributed by atoms with Crippen LogP contribution in [0.2, 0.25) is 0 Å². The Bertz CT molecular complexity index is 330. The molecule has 2 saturated carbocycles. The molecule has 2 aliphatic carbocycles. The van der Waals surface area contributed by atoms with E-state index in [0.717, 1.165) is 11.8 Å². The molecule has 20 heavy (non-hydrogen) atoms. The van der Waals surface area contributed by atoms with Gasteiger partial charge in [0.05, 0.1) is 0 Å². The average Bonchev–Trinajstić information content (AvgIpc) is 3.29. The van der Waals surface area contributed by atoms with Crippen LogP contribution in [0.15, 0.2) is 0 Å². The van der Waals surface area contributed by atoms with E-state index in [1.807, 2.05) is 0 Å². The summed E-state index contributed by atoms with van der Waals surface area (Å²) in [6.45, 7) is 11.1. The van der Waals surface area contributed by atoms with Crippen LogP contribution in [0.3, 0.4) is 0 Å². The Labute approximate surface area is 125 Å². The molecule has 2 atom stereocenters. The maximum absolute atomic E-state index is 4.00. The first kappa shape index (κ1) is 14.8. The second-order valence-electron chi connectivity index (χ2n) is 8.22. The van der Waals surface area contributed by atoms with Crippen LogP contribution < -0.4 is 5.32 Å². The van der Waals surface area contributed by atoms with Gasteiger partial charge in [-0.3, -0.25) is 4.90 Å². The van der Waals surface area contributed by atoms with E-state index in [0.29, 0.717) is 11.1 Å². The monoisotopic (exact) mass is 278 g/mol. The van der Waals surface area contributed by atoms with Crippen molar-refractivity contribution < 1.29 is 0 Å². The predicted octanol–water partition coefficient (Wildman–Crippen LogP) is 3.81. The smallest absolute Gasteiger partial charge is 0.0335 e. The zero-order valence-electron chi connectivity index (χ0n) is 13.9. The number of hydrogen-bond donors (Lipinski definition) is 1.